The van der Waals surface area contributed by atoms with E-state index in [-0.39, 0.29) is 12.0 Å². The molecule has 1 aliphatic heterocycles. The van der Waals surface area contributed by atoms with Gasteiger partial charge in [-0.1, -0.05) is 0 Å². The van der Waals surface area contributed by atoms with Crippen LogP contribution in [0.3, 0.4) is 0 Å². The van der Waals surface area contributed by atoms with Crippen molar-refractivity contribution in [3.05, 3.63) is 54.0 Å². The standard InChI is InChI=1S/C17H17N3O4/c1-23-17(22)13-4-2-12(3-5-13)16(21)20-9-7-14(10-20)24-15-6-8-18-11-19-15/h2-6,8,11,14H,7,9-10H2,1H3/t14-/m1/s1. The Hall–Kier alpha value is -2.96. The molecule has 2 aromatic rings. The summed E-state index contributed by atoms with van der Waals surface area (Å²) in [7, 11) is 1.32. The molecule has 0 unspecified atom stereocenters. The van der Waals surface area contributed by atoms with Crippen LogP contribution in [-0.4, -0.2) is 53.0 Å². The van der Waals surface area contributed by atoms with Gasteiger partial charge in [-0.15, -0.1) is 0 Å². The molecule has 1 amide bonds. The third-order valence-corrected chi connectivity index (χ3v) is 3.83. The first-order valence-corrected chi connectivity index (χ1v) is 7.57. The van der Waals surface area contributed by atoms with Crippen molar-refractivity contribution in [1.82, 2.24) is 14.9 Å². The lowest BCUT2D eigenvalue weighted by Gasteiger charge is -2.17. The minimum atomic E-state index is -0.423. The molecule has 0 aliphatic carbocycles. The SMILES string of the molecule is COC(=O)c1ccc(C(=O)N2CC[C@@H](Oc3ccncn3)C2)cc1. The summed E-state index contributed by atoms with van der Waals surface area (Å²) in [6.07, 6.45) is 3.70. The number of benzene rings is 1. The molecule has 1 aliphatic rings. The Morgan fingerprint density at radius 3 is 2.58 bits per heavy atom. The van der Waals surface area contributed by atoms with E-state index in [2.05, 4.69) is 14.7 Å². The highest BCUT2D eigenvalue weighted by atomic mass is 16.5. The number of carbonyl (C=O) groups excluding carboxylic acids is 2. The van der Waals surface area contributed by atoms with Gasteiger partial charge in [-0.3, -0.25) is 4.79 Å². The van der Waals surface area contributed by atoms with Gasteiger partial charge in [0.05, 0.1) is 19.2 Å². The monoisotopic (exact) mass is 327 g/mol. The largest absolute Gasteiger partial charge is 0.472 e. The topological polar surface area (TPSA) is 81.6 Å². The average molecular weight is 327 g/mol. The molecule has 1 fully saturated rings. The molecule has 1 aromatic heterocycles. The lowest BCUT2D eigenvalue weighted by Crippen LogP contribution is -2.31. The number of likely N-dealkylation sites (tertiary alicyclic amines) is 1. The molecule has 3 rings (SSSR count). The van der Waals surface area contributed by atoms with Gasteiger partial charge in [-0.25, -0.2) is 14.8 Å². The maximum atomic E-state index is 12.5. The zero-order valence-electron chi connectivity index (χ0n) is 13.2. The van der Waals surface area contributed by atoms with E-state index in [1.807, 2.05) is 0 Å². The van der Waals surface area contributed by atoms with Gasteiger partial charge in [0.15, 0.2) is 0 Å². The van der Waals surface area contributed by atoms with Gasteiger partial charge < -0.3 is 14.4 Å². The number of nitrogens with zero attached hydrogens (tertiary/aromatic N) is 3. The normalized spacial score (nSPS) is 16.7. The van der Waals surface area contributed by atoms with Gasteiger partial charge >= 0.3 is 5.97 Å². The van der Waals surface area contributed by atoms with Gasteiger partial charge in [-0.2, -0.15) is 0 Å². The molecule has 0 radical (unpaired) electrons. The van der Waals surface area contributed by atoms with Gasteiger partial charge in [0.25, 0.3) is 5.91 Å². The van der Waals surface area contributed by atoms with Crippen molar-refractivity contribution in [2.75, 3.05) is 20.2 Å². The molecule has 0 bridgehead atoms. The Morgan fingerprint density at radius 2 is 1.92 bits per heavy atom. The molecule has 7 nitrogen and oxygen atoms in total. The number of carbonyl (C=O) groups is 2. The highest BCUT2D eigenvalue weighted by Crippen LogP contribution is 2.18. The maximum absolute atomic E-state index is 12.5. The van der Waals surface area contributed by atoms with Crippen molar-refractivity contribution in [1.29, 1.82) is 0 Å². The summed E-state index contributed by atoms with van der Waals surface area (Å²) in [5.74, 6) is 0.000389. The molecule has 0 saturated carbocycles. The number of amides is 1. The number of ether oxygens (including phenoxy) is 2. The fourth-order valence-electron chi connectivity index (χ4n) is 2.58. The van der Waals surface area contributed by atoms with Crippen LogP contribution in [0.4, 0.5) is 0 Å². The summed E-state index contributed by atoms with van der Waals surface area (Å²) >= 11 is 0. The highest BCUT2D eigenvalue weighted by Gasteiger charge is 2.28. The number of hydrogen-bond donors (Lipinski definition) is 0. The summed E-state index contributed by atoms with van der Waals surface area (Å²) in [5.41, 5.74) is 0.950. The Bertz CT molecular complexity index is 718. The Kier molecular flexibility index (Phi) is 4.69. The summed E-state index contributed by atoms with van der Waals surface area (Å²) in [5, 5.41) is 0. The summed E-state index contributed by atoms with van der Waals surface area (Å²) in [6.45, 7) is 1.12. The molecule has 124 valence electrons. The molecule has 24 heavy (non-hydrogen) atoms. The van der Waals surface area contributed by atoms with Crippen LogP contribution in [0, 0.1) is 0 Å². The molecule has 1 atom stereocenters. The molecule has 1 aromatic carbocycles. The summed E-state index contributed by atoms with van der Waals surface area (Å²) in [4.78, 5) is 33.5. The lowest BCUT2D eigenvalue weighted by atomic mass is 10.1. The van der Waals surface area contributed by atoms with E-state index in [4.69, 9.17) is 4.74 Å². The Labute approximate surface area is 139 Å². The predicted molar refractivity (Wildman–Crippen MR) is 84.8 cm³/mol. The van der Waals surface area contributed by atoms with Crippen LogP contribution in [0.25, 0.3) is 0 Å². The lowest BCUT2D eigenvalue weighted by molar-refractivity contribution is 0.0600. The van der Waals surface area contributed by atoms with Crippen molar-refractivity contribution >= 4 is 11.9 Å². The van der Waals surface area contributed by atoms with Crippen LogP contribution in [0.1, 0.15) is 27.1 Å². The number of rotatable bonds is 4. The highest BCUT2D eigenvalue weighted by molar-refractivity contribution is 5.96. The van der Waals surface area contributed by atoms with E-state index in [0.717, 1.165) is 6.42 Å². The smallest absolute Gasteiger partial charge is 0.337 e. The average Bonchev–Trinajstić information content (AvgIpc) is 3.10. The van der Waals surface area contributed by atoms with E-state index >= 15 is 0 Å². The predicted octanol–water partition coefficient (Wildman–Crippen LogP) is 1.56. The minimum absolute atomic E-state index is 0.0831. The summed E-state index contributed by atoms with van der Waals surface area (Å²) in [6, 6.07) is 8.13. The fourth-order valence-corrected chi connectivity index (χ4v) is 2.58. The van der Waals surface area contributed by atoms with Crippen molar-refractivity contribution < 1.29 is 19.1 Å². The molecular weight excluding hydrogens is 310 g/mol. The van der Waals surface area contributed by atoms with Crippen LogP contribution >= 0.6 is 0 Å². The number of methoxy groups -OCH3 is 1. The second kappa shape index (κ2) is 7.08. The van der Waals surface area contributed by atoms with Crippen LogP contribution < -0.4 is 4.74 Å². The molecule has 0 N–H and O–H groups in total. The van der Waals surface area contributed by atoms with Gasteiger partial charge in [0, 0.05) is 30.8 Å². The summed E-state index contributed by atoms with van der Waals surface area (Å²) < 4.78 is 10.4. The van der Waals surface area contributed by atoms with Crippen molar-refractivity contribution in [3.63, 3.8) is 0 Å². The second-order valence-electron chi connectivity index (χ2n) is 5.40. The van der Waals surface area contributed by atoms with Crippen molar-refractivity contribution in [2.24, 2.45) is 0 Å². The maximum Gasteiger partial charge on any atom is 0.337 e. The zero-order valence-corrected chi connectivity index (χ0v) is 13.2. The van der Waals surface area contributed by atoms with E-state index in [1.54, 1.807) is 41.4 Å². The van der Waals surface area contributed by atoms with Gasteiger partial charge in [0.1, 0.15) is 12.4 Å². The number of esters is 1. The molecule has 0 spiro atoms. The first-order chi connectivity index (χ1) is 11.7. The van der Waals surface area contributed by atoms with Crippen LogP contribution in [0.15, 0.2) is 42.9 Å². The van der Waals surface area contributed by atoms with Crippen molar-refractivity contribution in [3.8, 4) is 5.88 Å². The zero-order chi connectivity index (χ0) is 16.9. The Morgan fingerprint density at radius 1 is 1.17 bits per heavy atom. The second-order valence-corrected chi connectivity index (χ2v) is 5.40. The number of aromatic nitrogens is 2. The first kappa shape index (κ1) is 15.9. The van der Waals surface area contributed by atoms with Gasteiger partial charge in [-0.05, 0) is 24.3 Å². The van der Waals surface area contributed by atoms with Crippen LogP contribution in [0.2, 0.25) is 0 Å². The van der Waals surface area contributed by atoms with Crippen molar-refractivity contribution in [2.45, 2.75) is 12.5 Å². The van der Waals surface area contributed by atoms with Crippen LogP contribution in [-0.2, 0) is 4.74 Å². The van der Waals surface area contributed by atoms with E-state index < -0.39 is 5.97 Å². The minimum Gasteiger partial charge on any atom is -0.472 e. The molecular formula is C17H17N3O4. The molecule has 2 heterocycles. The number of hydrogen-bond acceptors (Lipinski definition) is 6. The molecule has 7 heteroatoms. The fraction of sp³-hybridized carbons (Fsp3) is 0.294. The third kappa shape index (κ3) is 3.51. The third-order valence-electron chi connectivity index (χ3n) is 3.83. The van der Waals surface area contributed by atoms with Crippen LogP contribution in [0.5, 0.6) is 5.88 Å². The first-order valence-electron chi connectivity index (χ1n) is 7.57. The van der Waals surface area contributed by atoms with E-state index in [0.29, 0.717) is 30.1 Å². The quantitative estimate of drug-likeness (QED) is 0.793. The molecule has 1 saturated heterocycles. The Balaban J connectivity index is 1.61. The van der Waals surface area contributed by atoms with E-state index in [9.17, 15) is 9.59 Å². The van der Waals surface area contributed by atoms with E-state index in [1.165, 1.54) is 13.4 Å². The van der Waals surface area contributed by atoms with Gasteiger partial charge in [0.2, 0.25) is 5.88 Å².